The Morgan fingerprint density at radius 1 is 1.02 bits per heavy atom. The van der Waals surface area contributed by atoms with Crippen molar-refractivity contribution in [1.82, 2.24) is 25.2 Å². The molecule has 54 heavy (non-hydrogen) atoms. The third-order valence-electron chi connectivity index (χ3n) is 11.4. The maximum absolute atomic E-state index is 14.7. The molecular weight excluding hydrogens is 719 g/mol. The molecule has 16 nitrogen and oxygen atoms in total. The van der Waals surface area contributed by atoms with Crippen molar-refractivity contribution in [2.45, 2.75) is 124 Å². The van der Waals surface area contributed by atoms with E-state index in [1.165, 1.54) is 40.0 Å². The molecule has 0 unspecified atom stereocenters. The Balaban J connectivity index is 1.34. The van der Waals surface area contributed by atoms with Crippen molar-refractivity contribution >= 4 is 45.0 Å². The summed E-state index contributed by atoms with van der Waals surface area (Å²) in [6, 6.07) is 3.72. The molecule has 3 heterocycles. The van der Waals surface area contributed by atoms with Crippen LogP contribution in [0.5, 0.6) is 0 Å². The standard InChI is InChI=1S/C37H49N7O9S/c1-36(2,50)30-21-39-42-44(30)25-20-29(34(48)41-37(31(45)32(38)46)15-17-53-18-16-37)43(22-25)35(49)28(19-23-7-4-3-5-8-23)40-33(47)24-11-13-27(14-12-24)54(51,52)26-9-6-10-26/h11-14,21,23,25-26,29,50H,3-10,15-20,22H2,1-2H3,(H2,38,46)(H,41,48)/b40-28+/t25-,29-/m0/s1. The summed E-state index contributed by atoms with van der Waals surface area (Å²) >= 11 is 0. The molecule has 1 aromatic carbocycles. The quantitative estimate of drug-likeness (QED) is 0.209. The zero-order chi connectivity index (χ0) is 38.8. The number of hydrogen-bond donors (Lipinski definition) is 3. The number of carbonyl (C=O) groups is 5. The highest BCUT2D eigenvalue weighted by atomic mass is 32.2. The number of aromatic nitrogens is 3. The number of ketones is 1. The molecule has 2 aromatic rings. The number of rotatable bonds is 12. The molecular formula is C37H49N7O9S. The number of Topliss-reactive ketones (excluding diaryl/α,β-unsaturated/α-hetero) is 1. The lowest BCUT2D eigenvalue weighted by molar-refractivity contribution is -0.146. The number of aliphatic hydroxyl groups is 1. The maximum Gasteiger partial charge on any atom is 0.287 e. The van der Waals surface area contributed by atoms with Gasteiger partial charge in [-0.1, -0.05) is 43.7 Å². The van der Waals surface area contributed by atoms with Gasteiger partial charge >= 0.3 is 0 Å². The predicted molar refractivity (Wildman–Crippen MR) is 194 cm³/mol. The number of hydrogen-bond acceptors (Lipinski definition) is 11. The number of aliphatic imine (C=N–C) groups is 1. The van der Waals surface area contributed by atoms with Crippen molar-refractivity contribution in [2.24, 2.45) is 16.6 Å². The fourth-order valence-corrected chi connectivity index (χ4v) is 9.81. The van der Waals surface area contributed by atoms with E-state index >= 15 is 0 Å². The highest BCUT2D eigenvalue weighted by Crippen LogP contribution is 2.35. The third-order valence-corrected chi connectivity index (χ3v) is 13.6. The Morgan fingerprint density at radius 3 is 2.28 bits per heavy atom. The number of carbonyl (C=O) groups excluding carboxylic acids is 5. The average molecular weight is 768 g/mol. The van der Waals surface area contributed by atoms with Gasteiger partial charge in [0.05, 0.1) is 28.1 Å². The van der Waals surface area contributed by atoms with E-state index in [0.29, 0.717) is 18.5 Å². The second-order valence-electron chi connectivity index (χ2n) is 15.6. The first kappa shape index (κ1) is 39.3. The molecule has 2 saturated carbocycles. The molecule has 4 aliphatic rings. The summed E-state index contributed by atoms with van der Waals surface area (Å²) in [5.74, 6) is -4.21. The van der Waals surface area contributed by atoms with Gasteiger partial charge in [0, 0.05) is 44.6 Å². The van der Waals surface area contributed by atoms with Crippen molar-refractivity contribution in [3.63, 3.8) is 0 Å². The summed E-state index contributed by atoms with van der Waals surface area (Å²) in [6.45, 7) is 3.23. The number of benzene rings is 1. The second kappa shape index (κ2) is 15.8. The molecule has 2 atom stereocenters. The lowest BCUT2D eigenvalue weighted by Crippen LogP contribution is -2.63. The molecule has 292 valence electrons. The van der Waals surface area contributed by atoms with E-state index in [9.17, 15) is 37.5 Å². The van der Waals surface area contributed by atoms with E-state index in [2.05, 4.69) is 20.6 Å². The molecule has 2 aliphatic carbocycles. The minimum Gasteiger partial charge on any atom is -0.384 e. The van der Waals surface area contributed by atoms with Crippen LogP contribution >= 0.6 is 0 Å². The zero-order valence-corrected chi connectivity index (χ0v) is 31.6. The molecule has 4 fully saturated rings. The number of amides is 4. The molecule has 6 rings (SSSR count). The first-order valence-corrected chi connectivity index (χ1v) is 20.3. The molecule has 4 amide bonds. The van der Waals surface area contributed by atoms with Gasteiger partial charge in [-0.05, 0) is 63.3 Å². The first-order chi connectivity index (χ1) is 25.6. The Morgan fingerprint density at radius 2 is 1.69 bits per heavy atom. The molecule has 0 radical (unpaired) electrons. The van der Waals surface area contributed by atoms with Crippen LogP contribution in [-0.2, 0) is 39.4 Å². The van der Waals surface area contributed by atoms with Crippen LogP contribution in [0.3, 0.4) is 0 Å². The second-order valence-corrected chi connectivity index (χ2v) is 17.8. The van der Waals surface area contributed by atoms with Crippen LogP contribution < -0.4 is 11.1 Å². The Bertz CT molecular complexity index is 1900. The van der Waals surface area contributed by atoms with Gasteiger partial charge in [-0.15, -0.1) is 5.10 Å². The van der Waals surface area contributed by atoms with Gasteiger partial charge in [-0.3, -0.25) is 24.0 Å². The fourth-order valence-electron chi connectivity index (χ4n) is 7.96. The van der Waals surface area contributed by atoms with Crippen molar-refractivity contribution in [3.8, 4) is 0 Å². The van der Waals surface area contributed by atoms with Gasteiger partial charge in [0.15, 0.2) is 9.84 Å². The summed E-state index contributed by atoms with van der Waals surface area (Å²) in [5, 5.41) is 21.4. The molecule has 2 saturated heterocycles. The van der Waals surface area contributed by atoms with Crippen LogP contribution in [0.25, 0.3) is 0 Å². The Labute approximate surface area is 314 Å². The number of likely N-dealkylation sites (tertiary alicyclic amines) is 1. The Kier molecular flexibility index (Phi) is 11.5. The lowest BCUT2D eigenvalue weighted by atomic mass is 9.84. The van der Waals surface area contributed by atoms with Crippen LogP contribution in [-0.4, -0.2) is 105 Å². The average Bonchev–Trinajstić information content (AvgIpc) is 3.79. The van der Waals surface area contributed by atoms with Crippen LogP contribution in [0.1, 0.15) is 113 Å². The van der Waals surface area contributed by atoms with Crippen LogP contribution in [0, 0.1) is 5.92 Å². The van der Waals surface area contributed by atoms with E-state index in [-0.39, 0.29) is 67.5 Å². The van der Waals surface area contributed by atoms with Gasteiger partial charge in [0.1, 0.15) is 22.9 Å². The SMILES string of the molecule is CC(C)(O)c1cnnn1[C@H]1C[C@@H](C(=O)NC2(C(=O)C(N)=O)CCOCC2)N(C(=O)/C(CC2CCCCC2)=N/C(=O)c2ccc(S(=O)(=O)C3CCC3)cc2)C1. The molecule has 0 bridgehead atoms. The van der Waals surface area contributed by atoms with Gasteiger partial charge < -0.3 is 25.8 Å². The normalized spacial score (nSPS) is 22.7. The summed E-state index contributed by atoms with van der Waals surface area (Å²) in [4.78, 5) is 73.8. The third kappa shape index (κ3) is 8.17. The van der Waals surface area contributed by atoms with Crippen molar-refractivity contribution < 1.29 is 42.2 Å². The largest absolute Gasteiger partial charge is 0.384 e. The van der Waals surface area contributed by atoms with Crippen molar-refractivity contribution in [2.75, 3.05) is 19.8 Å². The van der Waals surface area contributed by atoms with Gasteiger partial charge in [-0.25, -0.2) is 18.1 Å². The number of primary amides is 1. The van der Waals surface area contributed by atoms with Crippen LogP contribution in [0.4, 0.5) is 0 Å². The lowest BCUT2D eigenvalue weighted by Gasteiger charge is -2.37. The van der Waals surface area contributed by atoms with E-state index < -0.39 is 67.7 Å². The summed E-state index contributed by atoms with van der Waals surface area (Å²) in [7, 11) is -3.51. The van der Waals surface area contributed by atoms with E-state index in [4.69, 9.17) is 10.5 Å². The molecule has 2 aliphatic heterocycles. The highest BCUT2D eigenvalue weighted by Gasteiger charge is 2.49. The summed E-state index contributed by atoms with van der Waals surface area (Å²) in [6.07, 6.45) is 8.26. The highest BCUT2D eigenvalue weighted by molar-refractivity contribution is 7.92. The molecule has 1 aromatic heterocycles. The molecule has 4 N–H and O–H groups in total. The number of sulfone groups is 1. The number of nitrogens with one attached hydrogen (secondary N) is 1. The van der Waals surface area contributed by atoms with E-state index in [0.717, 1.165) is 38.5 Å². The predicted octanol–water partition coefficient (Wildman–Crippen LogP) is 1.95. The van der Waals surface area contributed by atoms with Crippen LogP contribution in [0.2, 0.25) is 0 Å². The van der Waals surface area contributed by atoms with Crippen LogP contribution in [0.15, 0.2) is 40.4 Å². The number of ether oxygens (including phenoxy) is 1. The number of nitrogens with two attached hydrogens (primary N) is 1. The first-order valence-electron chi connectivity index (χ1n) is 18.7. The van der Waals surface area contributed by atoms with Crippen molar-refractivity contribution in [3.05, 3.63) is 41.7 Å². The summed E-state index contributed by atoms with van der Waals surface area (Å²) < 4.78 is 32.8. The smallest absolute Gasteiger partial charge is 0.287 e. The van der Waals surface area contributed by atoms with Gasteiger partial charge in [0.25, 0.3) is 17.7 Å². The van der Waals surface area contributed by atoms with E-state index in [1.807, 2.05) is 0 Å². The van der Waals surface area contributed by atoms with Gasteiger partial charge in [-0.2, -0.15) is 0 Å². The summed E-state index contributed by atoms with van der Waals surface area (Å²) in [5.41, 5.74) is 2.81. The molecule has 17 heteroatoms. The maximum atomic E-state index is 14.7. The minimum atomic E-state index is -3.51. The van der Waals surface area contributed by atoms with E-state index in [1.54, 1.807) is 13.8 Å². The fraction of sp³-hybridized carbons (Fsp3) is 0.622. The topological polar surface area (TPSA) is 233 Å². The number of nitrogens with zero attached hydrogens (tertiary/aromatic N) is 5. The minimum absolute atomic E-state index is 0.000170. The Hall–Kier alpha value is -4.35. The van der Waals surface area contributed by atoms with Gasteiger partial charge in [0.2, 0.25) is 11.7 Å². The monoisotopic (exact) mass is 767 g/mol. The van der Waals surface area contributed by atoms with Crippen molar-refractivity contribution in [1.29, 1.82) is 0 Å². The zero-order valence-electron chi connectivity index (χ0n) is 30.7. The molecule has 0 spiro atoms.